The van der Waals surface area contributed by atoms with Crippen LogP contribution in [0.3, 0.4) is 0 Å². The Morgan fingerprint density at radius 2 is 1.78 bits per heavy atom. The Kier molecular flexibility index (Phi) is 6.91. The van der Waals surface area contributed by atoms with Gasteiger partial charge in [0.25, 0.3) is 5.91 Å². The summed E-state index contributed by atoms with van der Waals surface area (Å²) in [7, 11) is 0. The lowest BCUT2D eigenvalue weighted by molar-refractivity contribution is 0.102. The fourth-order valence-electron chi connectivity index (χ4n) is 4.73. The van der Waals surface area contributed by atoms with Gasteiger partial charge in [-0.2, -0.15) is 0 Å². The first-order chi connectivity index (χ1) is 17.5. The molecule has 0 unspecified atom stereocenters. The summed E-state index contributed by atoms with van der Waals surface area (Å²) in [6.07, 6.45) is 3.96. The van der Waals surface area contributed by atoms with Crippen LogP contribution in [0.2, 0.25) is 0 Å². The van der Waals surface area contributed by atoms with Crippen molar-refractivity contribution in [3.8, 4) is 5.75 Å². The highest BCUT2D eigenvalue weighted by Crippen LogP contribution is 2.25. The summed E-state index contributed by atoms with van der Waals surface area (Å²) in [5, 5.41) is 3.02. The van der Waals surface area contributed by atoms with Crippen LogP contribution in [0.5, 0.6) is 5.75 Å². The number of aryl methyl sites for hydroxylation is 2. The van der Waals surface area contributed by atoms with E-state index in [2.05, 4.69) is 40.0 Å². The molecule has 2 aromatic heterocycles. The Morgan fingerprint density at radius 1 is 1.00 bits per heavy atom. The molecule has 2 aromatic carbocycles. The van der Waals surface area contributed by atoms with Crippen LogP contribution in [0.4, 0.5) is 11.4 Å². The molecule has 0 radical (unpaired) electrons. The summed E-state index contributed by atoms with van der Waals surface area (Å²) >= 11 is 0. The van der Waals surface area contributed by atoms with Gasteiger partial charge < -0.3 is 24.3 Å². The van der Waals surface area contributed by atoms with Crippen LogP contribution < -0.4 is 15.0 Å². The van der Waals surface area contributed by atoms with Crippen LogP contribution in [0.15, 0.2) is 67.0 Å². The third kappa shape index (κ3) is 5.21. The molecule has 0 bridgehead atoms. The molecule has 186 valence electrons. The van der Waals surface area contributed by atoms with E-state index in [0.717, 1.165) is 55.3 Å². The van der Waals surface area contributed by atoms with Crippen molar-refractivity contribution >= 4 is 22.9 Å². The Bertz CT molecular complexity index is 1350. The zero-order valence-corrected chi connectivity index (χ0v) is 21.2. The number of rotatable bonds is 7. The maximum absolute atomic E-state index is 12.8. The Hall–Kier alpha value is -3.84. The van der Waals surface area contributed by atoms with Crippen molar-refractivity contribution < 1.29 is 9.53 Å². The van der Waals surface area contributed by atoms with Gasteiger partial charge in [-0.25, -0.2) is 4.98 Å². The van der Waals surface area contributed by atoms with Crippen molar-refractivity contribution in [2.24, 2.45) is 0 Å². The Balaban J connectivity index is 1.17. The van der Waals surface area contributed by atoms with Gasteiger partial charge >= 0.3 is 0 Å². The first-order valence-corrected chi connectivity index (χ1v) is 12.6. The molecule has 0 aliphatic carbocycles. The number of nitrogens with zero attached hydrogens (tertiary/aromatic N) is 4. The van der Waals surface area contributed by atoms with Crippen molar-refractivity contribution in [2.75, 3.05) is 42.9 Å². The number of imidazole rings is 1. The summed E-state index contributed by atoms with van der Waals surface area (Å²) < 4.78 is 7.90. The lowest BCUT2D eigenvalue weighted by Gasteiger charge is -2.36. The number of fused-ring (bicyclic) bond motifs is 1. The summed E-state index contributed by atoms with van der Waals surface area (Å²) in [6.45, 7) is 12.1. The van der Waals surface area contributed by atoms with Gasteiger partial charge in [0, 0.05) is 55.5 Å². The van der Waals surface area contributed by atoms with Crippen molar-refractivity contribution in [2.45, 2.75) is 27.4 Å². The number of hydrogen-bond donors (Lipinski definition) is 1. The second-order valence-electron chi connectivity index (χ2n) is 9.34. The molecule has 1 fully saturated rings. The quantitative estimate of drug-likeness (QED) is 0.404. The molecular weight excluding hydrogens is 450 g/mol. The molecule has 5 rings (SSSR count). The SMILES string of the molecule is CCN1CCN(c2ccc(NC(=O)c3ccc(OCc4cn5cccc(C)c5n4)cc3)cc2C)CC1. The molecule has 7 nitrogen and oxygen atoms in total. The number of aromatic nitrogens is 2. The largest absolute Gasteiger partial charge is 0.487 e. The van der Waals surface area contributed by atoms with E-state index in [4.69, 9.17) is 4.74 Å². The number of ether oxygens (including phenoxy) is 1. The minimum atomic E-state index is -0.138. The van der Waals surface area contributed by atoms with Crippen LogP contribution in [-0.2, 0) is 6.61 Å². The smallest absolute Gasteiger partial charge is 0.255 e. The van der Waals surface area contributed by atoms with Gasteiger partial charge in [-0.15, -0.1) is 0 Å². The number of carbonyl (C=O) groups excluding carboxylic acids is 1. The molecule has 3 heterocycles. The van der Waals surface area contributed by atoms with Crippen LogP contribution in [0.1, 0.15) is 34.1 Å². The number of piperazine rings is 1. The summed E-state index contributed by atoms with van der Waals surface area (Å²) in [4.78, 5) is 22.4. The van der Waals surface area contributed by atoms with E-state index in [9.17, 15) is 4.79 Å². The molecule has 0 saturated carbocycles. The van der Waals surface area contributed by atoms with Gasteiger partial charge in [-0.05, 0) is 80.1 Å². The summed E-state index contributed by atoms with van der Waals surface area (Å²) in [5.74, 6) is 0.560. The molecule has 1 aliphatic rings. The average molecular weight is 484 g/mol. The summed E-state index contributed by atoms with van der Waals surface area (Å²) in [6, 6.07) is 17.4. The first kappa shape index (κ1) is 23.9. The number of amides is 1. The predicted molar refractivity (Wildman–Crippen MR) is 144 cm³/mol. The van der Waals surface area contributed by atoms with Crippen molar-refractivity contribution in [3.05, 3.63) is 89.4 Å². The van der Waals surface area contributed by atoms with Gasteiger partial charge in [0.05, 0.1) is 5.69 Å². The molecule has 0 atom stereocenters. The van der Waals surface area contributed by atoms with E-state index in [1.807, 2.05) is 60.1 Å². The van der Waals surface area contributed by atoms with E-state index in [1.54, 1.807) is 12.1 Å². The average Bonchev–Trinajstić information content (AvgIpc) is 3.33. The lowest BCUT2D eigenvalue weighted by atomic mass is 10.1. The fourth-order valence-corrected chi connectivity index (χ4v) is 4.73. The maximum atomic E-state index is 12.8. The molecule has 4 aromatic rings. The molecule has 1 N–H and O–H groups in total. The minimum Gasteiger partial charge on any atom is -0.487 e. The number of pyridine rings is 1. The van der Waals surface area contributed by atoms with E-state index in [1.165, 1.54) is 11.3 Å². The van der Waals surface area contributed by atoms with Gasteiger partial charge in [-0.1, -0.05) is 13.0 Å². The summed E-state index contributed by atoms with van der Waals surface area (Å²) in [5.41, 5.74) is 6.72. The van der Waals surface area contributed by atoms with Crippen molar-refractivity contribution in [1.82, 2.24) is 14.3 Å². The first-order valence-electron chi connectivity index (χ1n) is 12.6. The number of hydrogen-bond acceptors (Lipinski definition) is 5. The number of carbonyl (C=O) groups is 1. The van der Waals surface area contributed by atoms with E-state index in [0.29, 0.717) is 17.9 Å². The van der Waals surface area contributed by atoms with E-state index >= 15 is 0 Å². The van der Waals surface area contributed by atoms with Gasteiger partial charge in [0.1, 0.15) is 18.0 Å². The second kappa shape index (κ2) is 10.4. The number of benzene rings is 2. The molecular formula is C29H33N5O2. The molecule has 0 spiro atoms. The predicted octanol–water partition coefficient (Wildman–Crippen LogP) is 4.92. The van der Waals surface area contributed by atoms with Gasteiger partial charge in [-0.3, -0.25) is 4.79 Å². The molecule has 7 heteroatoms. The third-order valence-electron chi connectivity index (χ3n) is 6.85. The second-order valence-corrected chi connectivity index (χ2v) is 9.34. The van der Waals surface area contributed by atoms with E-state index < -0.39 is 0 Å². The van der Waals surface area contributed by atoms with Crippen molar-refractivity contribution in [3.63, 3.8) is 0 Å². The maximum Gasteiger partial charge on any atom is 0.255 e. The molecule has 1 aliphatic heterocycles. The monoisotopic (exact) mass is 483 g/mol. The highest BCUT2D eigenvalue weighted by Gasteiger charge is 2.17. The van der Waals surface area contributed by atoms with Gasteiger partial charge in [0.15, 0.2) is 0 Å². The van der Waals surface area contributed by atoms with E-state index in [-0.39, 0.29) is 5.91 Å². The highest BCUT2D eigenvalue weighted by atomic mass is 16.5. The standard InChI is InChI=1S/C29H33N5O2/c1-4-32-14-16-33(17-15-32)27-12-9-24(18-22(27)3)31-29(35)23-7-10-26(11-8-23)36-20-25-19-34-13-5-6-21(2)28(34)30-25/h5-13,18-19H,4,14-17,20H2,1-3H3,(H,31,35). The fraction of sp³-hybridized carbons (Fsp3) is 0.310. The Morgan fingerprint density at radius 3 is 2.47 bits per heavy atom. The minimum absolute atomic E-state index is 0.138. The zero-order chi connectivity index (χ0) is 25.1. The molecule has 1 amide bonds. The van der Waals surface area contributed by atoms with Crippen LogP contribution in [-0.4, -0.2) is 52.9 Å². The third-order valence-corrected chi connectivity index (χ3v) is 6.85. The molecule has 1 saturated heterocycles. The van der Waals surface area contributed by atoms with Crippen LogP contribution in [0, 0.1) is 13.8 Å². The van der Waals surface area contributed by atoms with Crippen molar-refractivity contribution in [1.29, 1.82) is 0 Å². The molecule has 36 heavy (non-hydrogen) atoms. The lowest BCUT2D eigenvalue weighted by Crippen LogP contribution is -2.46. The highest BCUT2D eigenvalue weighted by molar-refractivity contribution is 6.04. The Labute approximate surface area is 212 Å². The van der Waals surface area contributed by atoms with Crippen LogP contribution >= 0.6 is 0 Å². The van der Waals surface area contributed by atoms with Crippen LogP contribution in [0.25, 0.3) is 5.65 Å². The normalized spacial score (nSPS) is 14.2. The van der Waals surface area contributed by atoms with Gasteiger partial charge in [0.2, 0.25) is 0 Å². The number of nitrogens with one attached hydrogen (secondary N) is 1. The number of likely N-dealkylation sites (N-methyl/N-ethyl adjacent to an activating group) is 1. The zero-order valence-electron chi connectivity index (χ0n) is 21.2. The topological polar surface area (TPSA) is 62.1 Å². The number of anilines is 2.